The van der Waals surface area contributed by atoms with Gasteiger partial charge in [0.15, 0.2) is 21.4 Å². The predicted octanol–water partition coefficient (Wildman–Crippen LogP) is 3.42. The second-order valence-electron chi connectivity index (χ2n) is 8.02. The number of hydrogen-bond donors (Lipinski definition) is 2. The molecule has 1 heterocycles. The van der Waals surface area contributed by atoms with Gasteiger partial charge in [-0.05, 0) is 49.2 Å². The van der Waals surface area contributed by atoms with Crippen LogP contribution < -0.4 is 4.74 Å². The van der Waals surface area contributed by atoms with Gasteiger partial charge < -0.3 is 14.9 Å². The zero-order valence-electron chi connectivity index (χ0n) is 16.4. The van der Waals surface area contributed by atoms with Crippen molar-refractivity contribution in [2.45, 2.75) is 34.8 Å². The standard InChI is InChI=1S/C21H19F5O5S/c22-15-5-6-16(23)19-18(15)20(8-7-17(28)13(9-27)14(20)10-31-19)32(29,30)12-3-1-11(2-4-12)21(24,25)26/h1-6,13-14,17,27-28H,7-10H2/t13-,14-,17-,20?/m0/s1. The highest BCUT2D eigenvalue weighted by molar-refractivity contribution is 7.92. The highest BCUT2D eigenvalue weighted by Crippen LogP contribution is 2.58. The summed E-state index contributed by atoms with van der Waals surface area (Å²) in [5, 5.41) is 20.2. The van der Waals surface area contributed by atoms with E-state index in [0.29, 0.717) is 12.1 Å². The zero-order chi connectivity index (χ0) is 23.5. The Bertz CT molecular complexity index is 1130. The topological polar surface area (TPSA) is 83.8 Å². The molecule has 1 saturated carbocycles. The third-order valence-corrected chi connectivity index (χ3v) is 9.06. The van der Waals surface area contributed by atoms with Crippen molar-refractivity contribution in [3.05, 3.63) is 59.2 Å². The first-order valence-electron chi connectivity index (χ1n) is 9.77. The summed E-state index contributed by atoms with van der Waals surface area (Å²) in [6.07, 6.45) is -6.31. The van der Waals surface area contributed by atoms with E-state index in [4.69, 9.17) is 4.74 Å². The Morgan fingerprint density at radius 2 is 1.69 bits per heavy atom. The minimum Gasteiger partial charge on any atom is -0.490 e. The molecule has 2 aliphatic rings. The zero-order valence-corrected chi connectivity index (χ0v) is 17.3. The van der Waals surface area contributed by atoms with Crippen molar-refractivity contribution in [1.29, 1.82) is 0 Å². The Morgan fingerprint density at radius 3 is 2.28 bits per heavy atom. The van der Waals surface area contributed by atoms with Crippen LogP contribution in [-0.4, -0.2) is 37.9 Å². The minimum atomic E-state index is -4.69. The van der Waals surface area contributed by atoms with Crippen LogP contribution in [0.15, 0.2) is 41.3 Å². The summed E-state index contributed by atoms with van der Waals surface area (Å²) in [6.45, 7) is -1.08. The second-order valence-corrected chi connectivity index (χ2v) is 10.2. The summed E-state index contributed by atoms with van der Waals surface area (Å²) >= 11 is 0. The largest absolute Gasteiger partial charge is 0.490 e. The molecule has 32 heavy (non-hydrogen) atoms. The number of hydrogen-bond acceptors (Lipinski definition) is 5. The van der Waals surface area contributed by atoms with E-state index in [1.807, 2.05) is 0 Å². The molecule has 4 atom stereocenters. The third kappa shape index (κ3) is 3.20. The SMILES string of the molecule is O=S(=O)(c1ccc(C(F)(F)F)cc1)C12CC[C@H](O)[C@@H](CO)[C@@H]1COc1c(F)ccc(F)c12. The average molecular weight is 478 g/mol. The number of sulfone groups is 1. The molecule has 0 aromatic heterocycles. The number of benzene rings is 2. The van der Waals surface area contributed by atoms with Crippen LogP contribution in [0, 0.1) is 23.5 Å². The first kappa shape index (κ1) is 22.9. The number of rotatable bonds is 3. The van der Waals surface area contributed by atoms with E-state index in [0.717, 1.165) is 24.3 Å². The molecule has 174 valence electrons. The maximum Gasteiger partial charge on any atom is 0.416 e. The normalized spacial score (nSPS) is 27.9. The van der Waals surface area contributed by atoms with E-state index >= 15 is 4.39 Å². The van der Waals surface area contributed by atoms with E-state index in [1.54, 1.807) is 0 Å². The summed E-state index contributed by atoms with van der Waals surface area (Å²) < 4.78 is 99.5. The molecular weight excluding hydrogens is 459 g/mol. The molecule has 0 saturated heterocycles. The summed E-state index contributed by atoms with van der Waals surface area (Å²) in [7, 11) is -4.64. The molecule has 0 radical (unpaired) electrons. The molecule has 2 aromatic carbocycles. The Balaban J connectivity index is 1.98. The van der Waals surface area contributed by atoms with E-state index in [-0.39, 0.29) is 12.8 Å². The van der Waals surface area contributed by atoms with Crippen LogP contribution in [0.25, 0.3) is 0 Å². The number of aliphatic hydroxyl groups excluding tert-OH is 2. The Labute approximate surface area is 180 Å². The molecule has 1 aliphatic carbocycles. The molecule has 1 aliphatic heterocycles. The molecule has 1 unspecified atom stereocenters. The van der Waals surface area contributed by atoms with Gasteiger partial charge >= 0.3 is 6.18 Å². The number of aliphatic hydroxyl groups is 2. The molecule has 1 fully saturated rings. The monoisotopic (exact) mass is 478 g/mol. The lowest BCUT2D eigenvalue weighted by Crippen LogP contribution is -2.58. The van der Waals surface area contributed by atoms with Crippen LogP contribution >= 0.6 is 0 Å². The Hall–Kier alpha value is -2.24. The molecular formula is C21H19F5O5S. The first-order chi connectivity index (χ1) is 14.9. The summed E-state index contributed by atoms with van der Waals surface area (Å²) in [6, 6.07) is 4.28. The fraction of sp³-hybridized carbons (Fsp3) is 0.429. The number of fused-ring (bicyclic) bond motifs is 3. The highest BCUT2D eigenvalue weighted by atomic mass is 32.2. The van der Waals surface area contributed by atoms with E-state index in [2.05, 4.69) is 0 Å². The van der Waals surface area contributed by atoms with Crippen molar-refractivity contribution < 1.29 is 45.3 Å². The van der Waals surface area contributed by atoms with Gasteiger partial charge in [-0.3, -0.25) is 0 Å². The van der Waals surface area contributed by atoms with Crippen molar-refractivity contribution in [3.8, 4) is 5.75 Å². The fourth-order valence-corrected chi connectivity index (χ4v) is 7.34. The van der Waals surface area contributed by atoms with Crippen LogP contribution in [-0.2, 0) is 20.8 Å². The maximum absolute atomic E-state index is 15.1. The maximum atomic E-state index is 15.1. The minimum absolute atomic E-state index is 0.156. The molecule has 4 rings (SSSR count). The summed E-state index contributed by atoms with van der Waals surface area (Å²) in [4.78, 5) is -0.514. The van der Waals surface area contributed by atoms with Crippen LogP contribution in [0.1, 0.15) is 24.0 Å². The van der Waals surface area contributed by atoms with Gasteiger partial charge in [0.2, 0.25) is 0 Å². The van der Waals surface area contributed by atoms with Crippen LogP contribution in [0.2, 0.25) is 0 Å². The highest BCUT2D eigenvalue weighted by Gasteiger charge is 2.62. The number of halogens is 5. The van der Waals surface area contributed by atoms with Crippen molar-refractivity contribution in [1.82, 2.24) is 0 Å². The fourth-order valence-electron chi connectivity index (χ4n) is 4.94. The Kier molecular flexibility index (Phi) is 5.50. The van der Waals surface area contributed by atoms with Gasteiger partial charge in [-0.15, -0.1) is 0 Å². The van der Waals surface area contributed by atoms with Crippen molar-refractivity contribution in [2.75, 3.05) is 13.2 Å². The summed E-state index contributed by atoms with van der Waals surface area (Å²) in [5.41, 5.74) is -1.64. The lowest BCUT2D eigenvalue weighted by atomic mass is 9.66. The summed E-state index contributed by atoms with van der Waals surface area (Å²) in [5.74, 6) is -4.86. The third-order valence-electron chi connectivity index (χ3n) is 6.49. The predicted molar refractivity (Wildman–Crippen MR) is 101 cm³/mol. The van der Waals surface area contributed by atoms with Crippen molar-refractivity contribution in [2.24, 2.45) is 11.8 Å². The Morgan fingerprint density at radius 1 is 1.06 bits per heavy atom. The quantitative estimate of drug-likeness (QED) is 0.661. The molecule has 11 heteroatoms. The first-order valence-corrected chi connectivity index (χ1v) is 11.3. The molecule has 5 nitrogen and oxygen atoms in total. The van der Waals surface area contributed by atoms with E-state index in [9.17, 15) is 36.2 Å². The molecule has 2 N–H and O–H groups in total. The molecule has 0 amide bonds. The average Bonchev–Trinajstić information content (AvgIpc) is 2.75. The van der Waals surface area contributed by atoms with Crippen molar-refractivity contribution >= 4 is 9.84 Å². The lowest BCUT2D eigenvalue weighted by Gasteiger charge is -2.51. The van der Waals surface area contributed by atoms with Gasteiger partial charge in [0.05, 0.1) is 28.7 Å². The van der Waals surface area contributed by atoms with E-state index in [1.165, 1.54) is 0 Å². The number of alkyl halides is 3. The van der Waals surface area contributed by atoms with Crippen LogP contribution in [0.5, 0.6) is 5.75 Å². The van der Waals surface area contributed by atoms with Gasteiger partial charge in [0.25, 0.3) is 0 Å². The molecule has 2 aromatic rings. The van der Waals surface area contributed by atoms with E-state index < -0.39 is 85.3 Å². The van der Waals surface area contributed by atoms with Gasteiger partial charge in [0, 0.05) is 18.4 Å². The second kappa shape index (κ2) is 7.67. The molecule has 0 spiro atoms. The lowest BCUT2D eigenvalue weighted by molar-refractivity contribution is -0.137. The number of ether oxygens (including phenoxy) is 1. The van der Waals surface area contributed by atoms with Gasteiger partial charge in [-0.1, -0.05) is 0 Å². The van der Waals surface area contributed by atoms with Crippen molar-refractivity contribution in [3.63, 3.8) is 0 Å². The smallest absolute Gasteiger partial charge is 0.416 e. The van der Waals surface area contributed by atoms with Crippen LogP contribution in [0.3, 0.4) is 0 Å². The van der Waals surface area contributed by atoms with Gasteiger partial charge in [-0.2, -0.15) is 13.2 Å². The van der Waals surface area contributed by atoms with Gasteiger partial charge in [0.1, 0.15) is 10.6 Å². The molecule has 0 bridgehead atoms. The van der Waals surface area contributed by atoms with Gasteiger partial charge in [-0.25, -0.2) is 17.2 Å². The van der Waals surface area contributed by atoms with Crippen LogP contribution in [0.4, 0.5) is 22.0 Å².